The van der Waals surface area contributed by atoms with E-state index < -0.39 is 104 Å². The second kappa shape index (κ2) is 22.6. The number of rotatable bonds is 19. The lowest BCUT2D eigenvalue weighted by molar-refractivity contribution is -0.125. The zero-order valence-corrected chi connectivity index (χ0v) is 40.3. The van der Waals surface area contributed by atoms with E-state index in [1.807, 2.05) is 54.6 Å². The van der Waals surface area contributed by atoms with E-state index in [9.17, 15) is 38.2 Å². The van der Waals surface area contributed by atoms with Crippen LogP contribution in [0.15, 0.2) is 147 Å². The second-order valence-electron chi connectivity index (χ2n) is 16.5. The highest BCUT2D eigenvalue weighted by atomic mass is 35.5. The summed E-state index contributed by atoms with van der Waals surface area (Å²) in [5, 5.41) is 2.77. The number of methoxy groups -OCH3 is 3. The number of carbonyl (C=O) groups excluding carboxylic acids is 2. The lowest BCUT2D eigenvalue weighted by atomic mass is 9.79. The van der Waals surface area contributed by atoms with Crippen molar-refractivity contribution in [1.82, 2.24) is 24.4 Å². The molecule has 23 heteroatoms. The number of aromatic amines is 2. The second-order valence-corrected chi connectivity index (χ2v) is 17.6. The molecule has 2 aliphatic heterocycles. The van der Waals surface area contributed by atoms with Crippen LogP contribution in [0.2, 0.25) is 5.02 Å². The maximum absolute atomic E-state index is 14.4. The number of carbonyl (C=O) groups is 2. The molecule has 2 aromatic heterocycles. The van der Waals surface area contributed by atoms with Crippen LogP contribution < -0.4 is 37.3 Å². The average molecular weight is 1030 g/mol. The molecule has 72 heavy (non-hydrogen) atoms. The largest absolute Gasteiger partial charge is 0.695 e. The lowest BCUT2D eigenvalue weighted by Crippen LogP contribution is -2.44. The molecule has 2 fully saturated rings. The van der Waals surface area contributed by atoms with Gasteiger partial charge in [-0.25, -0.2) is 14.4 Å². The third-order valence-corrected chi connectivity index (χ3v) is 13.2. The predicted molar refractivity (Wildman–Crippen MR) is 256 cm³/mol. The van der Waals surface area contributed by atoms with Crippen molar-refractivity contribution >= 4 is 31.7 Å². The van der Waals surface area contributed by atoms with Crippen LogP contribution in [0.1, 0.15) is 45.9 Å². The number of nitrogens with zero attached hydrogens (tertiary/aromatic N) is 2. The fourth-order valence-corrected chi connectivity index (χ4v) is 9.69. The van der Waals surface area contributed by atoms with E-state index in [4.69, 9.17) is 49.3 Å². The summed E-state index contributed by atoms with van der Waals surface area (Å²) in [5.74, 6) is -1.35. The van der Waals surface area contributed by atoms with Crippen molar-refractivity contribution < 1.29 is 56.7 Å². The Labute approximate surface area is 415 Å². The molecule has 0 radical (unpaired) electrons. The first kappa shape index (κ1) is 51.3. The van der Waals surface area contributed by atoms with E-state index in [-0.39, 0.29) is 23.6 Å². The summed E-state index contributed by atoms with van der Waals surface area (Å²) in [6.07, 6.45) is -7.43. The number of aromatic nitrogens is 4. The summed E-state index contributed by atoms with van der Waals surface area (Å²) in [7, 11) is 1.07. The first-order valence-electron chi connectivity index (χ1n) is 22.2. The summed E-state index contributed by atoms with van der Waals surface area (Å²) in [6.45, 7) is -0.679. The Hall–Kier alpha value is -7.07. The molecule has 4 aromatic carbocycles. The van der Waals surface area contributed by atoms with Gasteiger partial charge >= 0.3 is 25.6 Å². The highest BCUT2D eigenvalue weighted by Crippen LogP contribution is 2.45. The van der Waals surface area contributed by atoms with Gasteiger partial charge < -0.3 is 38.5 Å². The normalized spacial score (nSPS) is 22.0. The summed E-state index contributed by atoms with van der Waals surface area (Å²) in [5.41, 5.74) is -2.50. The Balaban J connectivity index is 1.12. The molecule has 0 spiro atoms. The fourth-order valence-electron chi connectivity index (χ4n) is 9.01. The third kappa shape index (κ3) is 10.9. The average Bonchev–Trinajstić information content (AvgIpc) is 3.89. The van der Waals surface area contributed by atoms with Crippen LogP contribution in [0.5, 0.6) is 11.5 Å². The minimum absolute atomic E-state index is 0.0162. The van der Waals surface area contributed by atoms with Crippen molar-refractivity contribution in [3.8, 4) is 11.5 Å². The molecule has 0 aliphatic carbocycles. The monoisotopic (exact) mass is 1030 g/mol. The number of hydrogen-bond donors (Lipinski definition) is 4. The number of esters is 1. The number of nitrogens with one attached hydrogen (secondary N) is 3. The zero-order chi connectivity index (χ0) is 51.1. The molecule has 0 bridgehead atoms. The molecule has 1 amide bonds. The van der Waals surface area contributed by atoms with E-state index in [0.717, 1.165) is 33.0 Å². The number of halogens is 1. The Bertz CT molecular complexity index is 3080. The molecule has 21 nitrogen and oxygen atoms in total. The van der Waals surface area contributed by atoms with Crippen molar-refractivity contribution in [3.05, 3.63) is 197 Å². The van der Waals surface area contributed by atoms with Crippen LogP contribution in [-0.4, -0.2) is 101 Å². The van der Waals surface area contributed by atoms with Crippen LogP contribution in [-0.2, 0) is 43.2 Å². The van der Waals surface area contributed by atoms with Gasteiger partial charge in [0, 0.05) is 55.1 Å². The SMILES string of the molecule is COc1ccc(C(OC[C@H]2O[C@@H](n3ccc(=O)[nH]c3=O)[C@H](OC)[C@@H]2CC(=O)NC[C@H]2O[C@@H](n3ccc(=O)[nH]c3=O)[C@H](OC(=O)c3ccccc3Cl)[C@@H]2O[P+](=O)O)(c2ccccc2)c2ccc(OC)cc2)cc1. The van der Waals surface area contributed by atoms with Gasteiger partial charge in [0.25, 0.3) is 11.1 Å². The van der Waals surface area contributed by atoms with E-state index in [2.05, 4.69) is 15.3 Å². The number of H-pyrrole nitrogens is 2. The smallest absolute Gasteiger partial charge is 0.497 e. The number of amides is 1. The van der Waals surface area contributed by atoms with Crippen LogP contribution in [0.25, 0.3) is 0 Å². The number of hydrogen-bond acceptors (Lipinski definition) is 15. The molecule has 4 heterocycles. The van der Waals surface area contributed by atoms with E-state index in [1.54, 1.807) is 44.6 Å². The minimum atomic E-state index is -3.42. The molecule has 2 saturated heterocycles. The first-order valence-corrected chi connectivity index (χ1v) is 23.8. The van der Waals surface area contributed by atoms with Crippen molar-refractivity contribution in [2.75, 3.05) is 34.5 Å². The van der Waals surface area contributed by atoms with Crippen LogP contribution in [0.3, 0.4) is 0 Å². The van der Waals surface area contributed by atoms with Gasteiger partial charge in [0.05, 0.1) is 37.5 Å². The Morgan fingerprint density at radius 3 is 1.76 bits per heavy atom. The molecule has 0 saturated carbocycles. The van der Waals surface area contributed by atoms with Crippen molar-refractivity contribution in [2.45, 2.75) is 55.0 Å². The molecule has 6 aromatic rings. The summed E-state index contributed by atoms with van der Waals surface area (Å²) < 4.78 is 62.5. The van der Waals surface area contributed by atoms with Gasteiger partial charge in [-0.1, -0.05) is 78.3 Å². The summed E-state index contributed by atoms with van der Waals surface area (Å²) in [6, 6.07) is 32.2. The molecular formula is C49H48ClN5O16P+. The number of benzene rings is 4. The Kier molecular flexibility index (Phi) is 16.1. The molecule has 8 rings (SSSR count). The quantitative estimate of drug-likeness (QED) is 0.0508. The highest BCUT2D eigenvalue weighted by molar-refractivity contribution is 7.32. The topological polar surface area (TPSA) is 267 Å². The molecule has 376 valence electrons. The Morgan fingerprint density at radius 2 is 1.24 bits per heavy atom. The van der Waals surface area contributed by atoms with Gasteiger partial charge in [0.2, 0.25) is 5.91 Å². The standard InChI is InChI=1S/C49H47ClN5O16P/c1-64-31-17-13-29(14-18-31)49(28-9-5-4-6-10-28,30-15-19-32(65-2)20-16-30)67-27-37-34(41(66-3)44(69-37)54-23-21-38(56)52-47(54)60)25-40(58)51-26-36-42(71-72(62)63)43(70-46(59)33-11-7-8-12-35(33)50)45(68-36)55-24-22-39(57)53-48(55)61/h4-24,34,36-37,41-45H,25-27H2,1-3H3,(H3-,51,52,53,56,57,58,60,61,62,63)/p+1/t34-,36-,37-,41-,42-,43-,44-,45-/m1/s1. The first-order chi connectivity index (χ1) is 34.7. The predicted octanol–water partition coefficient (Wildman–Crippen LogP) is 3.96. The third-order valence-electron chi connectivity index (χ3n) is 12.4. The zero-order valence-electron chi connectivity index (χ0n) is 38.7. The summed E-state index contributed by atoms with van der Waals surface area (Å²) in [4.78, 5) is 92.9. The van der Waals surface area contributed by atoms with Gasteiger partial charge in [0.15, 0.2) is 24.7 Å². The number of ether oxygens (including phenoxy) is 7. The molecular weight excluding hydrogens is 981 g/mol. The van der Waals surface area contributed by atoms with Gasteiger partial charge in [-0.2, -0.15) is 0 Å². The van der Waals surface area contributed by atoms with Crippen molar-refractivity contribution in [2.24, 2.45) is 5.92 Å². The van der Waals surface area contributed by atoms with Crippen LogP contribution in [0.4, 0.5) is 0 Å². The van der Waals surface area contributed by atoms with Gasteiger partial charge in [-0.15, -0.1) is 9.42 Å². The van der Waals surface area contributed by atoms with Crippen LogP contribution in [0, 0.1) is 5.92 Å². The van der Waals surface area contributed by atoms with E-state index >= 15 is 0 Å². The van der Waals surface area contributed by atoms with E-state index in [1.165, 1.54) is 31.5 Å². The lowest BCUT2D eigenvalue weighted by Gasteiger charge is -2.37. The highest BCUT2D eigenvalue weighted by Gasteiger charge is 2.54. The van der Waals surface area contributed by atoms with Gasteiger partial charge in [-0.05, 0) is 53.1 Å². The van der Waals surface area contributed by atoms with E-state index in [0.29, 0.717) is 22.6 Å². The maximum atomic E-state index is 14.4. The van der Waals surface area contributed by atoms with Crippen molar-refractivity contribution in [1.29, 1.82) is 0 Å². The fraction of sp³-hybridized carbons (Fsp3) is 0.306. The minimum Gasteiger partial charge on any atom is -0.497 e. The maximum Gasteiger partial charge on any atom is 0.695 e. The van der Waals surface area contributed by atoms with Gasteiger partial charge in [-0.3, -0.25) is 33.5 Å². The van der Waals surface area contributed by atoms with Gasteiger partial charge in [0.1, 0.15) is 29.3 Å². The molecule has 1 unspecified atom stereocenters. The Morgan fingerprint density at radius 1 is 0.708 bits per heavy atom. The summed E-state index contributed by atoms with van der Waals surface area (Å²) >= 11 is 6.28. The van der Waals surface area contributed by atoms with Crippen LogP contribution >= 0.6 is 19.9 Å². The molecule has 4 N–H and O–H groups in total. The molecule has 2 aliphatic rings. The van der Waals surface area contributed by atoms with Crippen molar-refractivity contribution in [3.63, 3.8) is 0 Å². The molecule has 9 atom stereocenters.